The predicted molar refractivity (Wildman–Crippen MR) is 125 cm³/mol. The summed E-state index contributed by atoms with van der Waals surface area (Å²) in [5.74, 6) is 0. The first kappa shape index (κ1) is 28.9. The number of aliphatic hydroxyl groups excluding tert-OH is 1. The summed E-state index contributed by atoms with van der Waals surface area (Å²) in [5.41, 5.74) is 0. The zero-order valence-corrected chi connectivity index (χ0v) is 20.2. The van der Waals surface area contributed by atoms with Crippen LogP contribution >= 0.6 is 0 Å². The van der Waals surface area contributed by atoms with Gasteiger partial charge in [-0.15, -0.1) is 0 Å². The van der Waals surface area contributed by atoms with Crippen LogP contribution in [0.5, 0.6) is 0 Å². The summed E-state index contributed by atoms with van der Waals surface area (Å²) in [6, 6.07) is 0. The zero-order chi connectivity index (χ0) is 21.8. The van der Waals surface area contributed by atoms with Crippen molar-refractivity contribution in [2.45, 2.75) is 154 Å². The Labute approximate surface area is 182 Å². The predicted octanol–water partition coefficient (Wildman–Crippen LogP) is 7.45. The molecule has 0 aliphatic rings. The molecule has 0 aliphatic carbocycles. The summed E-state index contributed by atoms with van der Waals surface area (Å²) in [7, 11) is -3.91. The van der Waals surface area contributed by atoms with E-state index in [2.05, 4.69) is 13.8 Å². The van der Waals surface area contributed by atoms with Gasteiger partial charge in [0.1, 0.15) is 0 Å². The molecule has 0 heterocycles. The van der Waals surface area contributed by atoms with Gasteiger partial charge in [0.15, 0.2) is 0 Å². The third-order valence-electron chi connectivity index (χ3n) is 6.01. The molecule has 2 unspecified atom stereocenters. The molecule has 0 rings (SSSR count). The molecule has 0 aliphatic heterocycles. The number of rotatable bonds is 22. The van der Waals surface area contributed by atoms with Crippen LogP contribution in [0.1, 0.15) is 142 Å². The lowest BCUT2D eigenvalue weighted by atomic mass is 10.0. The van der Waals surface area contributed by atoms with Crippen molar-refractivity contribution in [3.8, 4) is 0 Å². The first-order chi connectivity index (χ1) is 13.9. The third kappa shape index (κ3) is 19.6. The van der Waals surface area contributed by atoms with Crippen LogP contribution in [0.4, 0.5) is 0 Å². The summed E-state index contributed by atoms with van der Waals surface area (Å²) in [6.45, 7) is 4.38. The van der Waals surface area contributed by atoms with E-state index in [0.29, 0.717) is 12.8 Å². The molecule has 29 heavy (non-hydrogen) atoms. The lowest BCUT2D eigenvalue weighted by Crippen LogP contribution is -2.20. The van der Waals surface area contributed by atoms with Crippen molar-refractivity contribution in [1.82, 2.24) is 0 Å². The lowest BCUT2D eigenvalue weighted by molar-refractivity contribution is 0.147. The Morgan fingerprint density at radius 1 is 0.552 bits per heavy atom. The van der Waals surface area contributed by atoms with Gasteiger partial charge >= 0.3 is 0 Å². The smallest absolute Gasteiger partial charge is 0.267 e. The highest BCUT2D eigenvalue weighted by molar-refractivity contribution is 7.86. The fourth-order valence-electron chi connectivity index (χ4n) is 4.00. The van der Waals surface area contributed by atoms with E-state index < -0.39 is 15.4 Å². The van der Waals surface area contributed by atoms with Crippen LogP contribution in [-0.4, -0.2) is 29.4 Å². The molecule has 0 radical (unpaired) electrons. The zero-order valence-electron chi connectivity index (χ0n) is 19.4. The molecular formula is C24H50O4S. The average Bonchev–Trinajstić information content (AvgIpc) is 2.67. The SMILES string of the molecule is CCCCCCCC(O)CCCCCCCCC(CCCCCCC)S(=O)(=O)O. The van der Waals surface area contributed by atoms with E-state index in [0.717, 1.165) is 77.0 Å². The number of aliphatic hydroxyl groups is 1. The van der Waals surface area contributed by atoms with Gasteiger partial charge in [-0.3, -0.25) is 4.55 Å². The molecule has 0 saturated carbocycles. The Morgan fingerprint density at radius 3 is 1.21 bits per heavy atom. The van der Waals surface area contributed by atoms with E-state index >= 15 is 0 Å². The summed E-state index contributed by atoms with van der Waals surface area (Å²) >= 11 is 0. The first-order valence-electron chi connectivity index (χ1n) is 12.6. The molecule has 0 saturated heterocycles. The molecule has 0 fully saturated rings. The molecule has 0 spiro atoms. The van der Waals surface area contributed by atoms with Crippen LogP contribution < -0.4 is 0 Å². The van der Waals surface area contributed by atoms with Crippen LogP contribution in [0.15, 0.2) is 0 Å². The topological polar surface area (TPSA) is 74.6 Å². The molecule has 176 valence electrons. The van der Waals surface area contributed by atoms with Crippen molar-refractivity contribution in [3.05, 3.63) is 0 Å². The maximum absolute atomic E-state index is 11.6. The Balaban J connectivity index is 3.64. The second kappa shape index (κ2) is 19.8. The van der Waals surface area contributed by atoms with Crippen LogP contribution in [0.25, 0.3) is 0 Å². The summed E-state index contributed by atoms with van der Waals surface area (Å²) in [5, 5.41) is 9.45. The Morgan fingerprint density at radius 2 is 0.862 bits per heavy atom. The van der Waals surface area contributed by atoms with Crippen LogP contribution in [0.3, 0.4) is 0 Å². The van der Waals surface area contributed by atoms with Crippen LogP contribution in [0.2, 0.25) is 0 Å². The largest absolute Gasteiger partial charge is 0.393 e. The van der Waals surface area contributed by atoms with Crippen molar-refractivity contribution < 1.29 is 18.1 Å². The van der Waals surface area contributed by atoms with E-state index in [1.54, 1.807) is 0 Å². The molecule has 2 atom stereocenters. The fraction of sp³-hybridized carbons (Fsp3) is 1.00. The standard InChI is InChI=1S/C24H50O4S/c1-3-5-7-11-15-19-23(25)20-16-13-9-10-14-18-22-24(29(26,27)28)21-17-12-8-6-4-2/h23-25H,3-22H2,1-2H3,(H,26,27,28). The minimum atomic E-state index is -3.91. The molecule has 0 amide bonds. The van der Waals surface area contributed by atoms with E-state index in [1.807, 2.05) is 0 Å². The van der Waals surface area contributed by atoms with Gasteiger partial charge in [0.05, 0.1) is 11.4 Å². The first-order valence-corrected chi connectivity index (χ1v) is 14.1. The van der Waals surface area contributed by atoms with Crippen molar-refractivity contribution in [1.29, 1.82) is 0 Å². The molecular weight excluding hydrogens is 384 g/mol. The Hall–Kier alpha value is -0.130. The molecule has 0 aromatic carbocycles. The van der Waals surface area contributed by atoms with Gasteiger partial charge in [-0.2, -0.15) is 8.42 Å². The van der Waals surface area contributed by atoms with Crippen molar-refractivity contribution in [2.24, 2.45) is 0 Å². The summed E-state index contributed by atoms with van der Waals surface area (Å²) in [6.07, 6.45) is 21.0. The van der Waals surface area contributed by atoms with Gasteiger partial charge < -0.3 is 5.11 Å². The van der Waals surface area contributed by atoms with Gasteiger partial charge in [-0.1, -0.05) is 117 Å². The van der Waals surface area contributed by atoms with Crippen molar-refractivity contribution in [2.75, 3.05) is 0 Å². The summed E-state index contributed by atoms with van der Waals surface area (Å²) < 4.78 is 32.6. The minimum absolute atomic E-state index is 0.135. The van der Waals surface area contributed by atoms with Crippen molar-refractivity contribution in [3.63, 3.8) is 0 Å². The van der Waals surface area contributed by atoms with Gasteiger partial charge in [0, 0.05) is 0 Å². The van der Waals surface area contributed by atoms with Gasteiger partial charge in [0.2, 0.25) is 0 Å². The van der Waals surface area contributed by atoms with Crippen molar-refractivity contribution >= 4 is 10.1 Å². The molecule has 0 aromatic heterocycles. The maximum atomic E-state index is 11.6. The minimum Gasteiger partial charge on any atom is -0.393 e. The third-order valence-corrected chi connectivity index (χ3v) is 7.32. The average molecular weight is 435 g/mol. The molecule has 2 N–H and O–H groups in total. The Bertz CT molecular complexity index is 436. The fourth-order valence-corrected chi connectivity index (χ4v) is 4.93. The molecule has 4 nitrogen and oxygen atoms in total. The number of hydrogen-bond donors (Lipinski definition) is 2. The molecule has 0 aromatic rings. The normalized spacial score (nSPS) is 14.2. The highest BCUT2D eigenvalue weighted by atomic mass is 32.2. The van der Waals surface area contributed by atoms with Gasteiger partial charge in [0.25, 0.3) is 10.1 Å². The van der Waals surface area contributed by atoms with Gasteiger partial charge in [-0.05, 0) is 25.7 Å². The number of hydrogen-bond acceptors (Lipinski definition) is 3. The highest BCUT2D eigenvalue weighted by Crippen LogP contribution is 2.19. The lowest BCUT2D eigenvalue weighted by Gasteiger charge is -2.14. The van der Waals surface area contributed by atoms with E-state index in [1.165, 1.54) is 38.5 Å². The van der Waals surface area contributed by atoms with Gasteiger partial charge in [-0.25, -0.2) is 0 Å². The summed E-state index contributed by atoms with van der Waals surface area (Å²) in [4.78, 5) is 0. The maximum Gasteiger partial charge on any atom is 0.267 e. The van der Waals surface area contributed by atoms with Crippen LogP contribution in [-0.2, 0) is 10.1 Å². The number of unbranched alkanes of at least 4 members (excludes halogenated alkanes) is 13. The van der Waals surface area contributed by atoms with Crippen LogP contribution in [0, 0.1) is 0 Å². The molecule has 5 heteroatoms. The quantitative estimate of drug-likeness (QED) is 0.137. The van der Waals surface area contributed by atoms with E-state index in [4.69, 9.17) is 0 Å². The van der Waals surface area contributed by atoms with E-state index in [9.17, 15) is 18.1 Å². The second-order valence-corrected chi connectivity index (χ2v) is 10.6. The molecule has 0 bridgehead atoms. The Kier molecular flexibility index (Phi) is 19.7. The van der Waals surface area contributed by atoms with E-state index in [-0.39, 0.29) is 6.10 Å². The monoisotopic (exact) mass is 434 g/mol. The highest BCUT2D eigenvalue weighted by Gasteiger charge is 2.21. The second-order valence-electron chi connectivity index (χ2n) is 8.90.